The van der Waals surface area contributed by atoms with Gasteiger partial charge in [0.2, 0.25) is 5.91 Å². The SMILES string of the molecule is C=CCOC(=O)c1cc(/C=C/[C@@H]2C[C@H](S)CN2C(=O)CC=C)on1. The minimum Gasteiger partial charge on any atom is -0.457 e. The number of esters is 1. The van der Waals surface area contributed by atoms with Gasteiger partial charge < -0.3 is 14.2 Å². The van der Waals surface area contributed by atoms with Gasteiger partial charge in [0.1, 0.15) is 6.61 Å². The van der Waals surface area contributed by atoms with Crippen molar-refractivity contribution < 1.29 is 18.8 Å². The number of nitrogens with zero attached hydrogens (tertiary/aromatic N) is 2. The van der Waals surface area contributed by atoms with E-state index in [0.717, 1.165) is 6.42 Å². The van der Waals surface area contributed by atoms with Crippen LogP contribution >= 0.6 is 12.6 Å². The number of carbonyl (C=O) groups excluding carboxylic acids is 2. The summed E-state index contributed by atoms with van der Waals surface area (Å²) in [7, 11) is 0. The molecule has 7 heteroatoms. The Hall–Kier alpha value is -2.28. The first-order chi connectivity index (χ1) is 11.5. The molecule has 2 atom stereocenters. The Morgan fingerprint density at radius 1 is 1.46 bits per heavy atom. The minimum atomic E-state index is -0.572. The normalized spacial score (nSPS) is 20.3. The molecule has 1 saturated heterocycles. The number of thiol groups is 1. The van der Waals surface area contributed by atoms with Crippen molar-refractivity contribution in [3.8, 4) is 0 Å². The predicted molar refractivity (Wildman–Crippen MR) is 93.7 cm³/mol. The minimum absolute atomic E-state index is 0.0162. The Labute approximate surface area is 146 Å². The van der Waals surface area contributed by atoms with E-state index in [1.54, 1.807) is 17.1 Å². The molecule has 24 heavy (non-hydrogen) atoms. The molecule has 0 aliphatic carbocycles. The van der Waals surface area contributed by atoms with E-state index in [1.165, 1.54) is 12.1 Å². The zero-order valence-corrected chi connectivity index (χ0v) is 14.2. The van der Waals surface area contributed by atoms with E-state index in [9.17, 15) is 9.59 Å². The average molecular weight is 348 g/mol. The molecule has 0 unspecified atom stereocenters. The fraction of sp³-hybridized carbons (Fsp3) is 0.353. The van der Waals surface area contributed by atoms with Crippen LogP contribution in [-0.4, -0.2) is 46.4 Å². The molecule has 6 nitrogen and oxygen atoms in total. The highest BCUT2D eigenvalue weighted by Crippen LogP contribution is 2.24. The molecule has 0 bridgehead atoms. The van der Waals surface area contributed by atoms with Crippen molar-refractivity contribution in [2.75, 3.05) is 13.2 Å². The molecule has 0 saturated carbocycles. The van der Waals surface area contributed by atoms with Crippen LogP contribution in [0.4, 0.5) is 0 Å². The Morgan fingerprint density at radius 3 is 2.96 bits per heavy atom. The van der Waals surface area contributed by atoms with Gasteiger partial charge in [0.15, 0.2) is 11.5 Å². The summed E-state index contributed by atoms with van der Waals surface area (Å²) in [4.78, 5) is 25.5. The van der Waals surface area contributed by atoms with Crippen molar-refractivity contribution in [1.29, 1.82) is 0 Å². The van der Waals surface area contributed by atoms with Crippen molar-refractivity contribution in [3.63, 3.8) is 0 Å². The predicted octanol–water partition coefficient (Wildman–Crippen LogP) is 2.51. The van der Waals surface area contributed by atoms with Gasteiger partial charge in [-0.2, -0.15) is 12.6 Å². The second kappa shape index (κ2) is 8.54. The van der Waals surface area contributed by atoms with Gasteiger partial charge in [0, 0.05) is 24.3 Å². The van der Waals surface area contributed by atoms with Crippen molar-refractivity contribution in [1.82, 2.24) is 10.1 Å². The topological polar surface area (TPSA) is 72.6 Å². The van der Waals surface area contributed by atoms with Crippen molar-refractivity contribution in [2.45, 2.75) is 24.1 Å². The van der Waals surface area contributed by atoms with Gasteiger partial charge in [0.05, 0.1) is 6.04 Å². The van der Waals surface area contributed by atoms with Gasteiger partial charge in [0.25, 0.3) is 0 Å². The van der Waals surface area contributed by atoms with Crippen LogP contribution in [0.15, 0.2) is 42.0 Å². The lowest BCUT2D eigenvalue weighted by atomic mass is 10.2. The Kier molecular flexibility index (Phi) is 6.43. The molecule has 1 aromatic heterocycles. The summed E-state index contributed by atoms with van der Waals surface area (Å²) in [5.74, 6) is -0.140. The second-order valence-electron chi connectivity index (χ2n) is 5.36. The summed E-state index contributed by atoms with van der Waals surface area (Å²) in [6.07, 6.45) is 7.67. The number of likely N-dealkylation sites (tertiary alicyclic amines) is 1. The lowest BCUT2D eigenvalue weighted by Crippen LogP contribution is -2.34. The standard InChI is InChI=1S/C17H20N2O4S/c1-3-5-16(20)19-11-14(24)9-12(19)6-7-13-10-15(18-23-13)17(21)22-8-4-2/h3-4,6-7,10,12,14,24H,1-2,5,8-9,11H2/b7-6+/t12-,14+/m1/s1. The highest BCUT2D eigenvalue weighted by molar-refractivity contribution is 7.81. The van der Waals surface area contributed by atoms with Crippen molar-refractivity contribution in [2.24, 2.45) is 0 Å². The van der Waals surface area contributed by atoms with Crippen LogP contribution in [0.1, 0.15) is 29.1 Å². The van der Waals surface area contributed by atoms with Gasteiger partial charge >= 0.3 is 5.97 Å². The van der Waals surface area contributed by atoms with E-state index in [0.29, 0.717) is 18.7 Å². The average Bonchev–Trinajstić information content (AvgIpc) is 3.17. The highest BCUT2D eigenvalue weighted by Gasteiger charge is 2.31. The summed E-state index contributed by atoms with van der Waals surface area (Å²) < 4.78 is 9.98. The number of ether oxygens (including phenoxy) is 1. The monoisotopic (exact) mass is 348 g/mol. The molecular formula is C17H20N2O4S. The number of hydrogen-bond donors (Lipinski definition) is 1. The molecule has 0 spiro atoms. The molecular weight excluding hydrogens is 328 g/mol. The van der Waals surface area contributed by atoms with Gasteiger partial charge in [-0.3, -0.25) is 4.79 Å². The smallest absolute Gasteiger partial charge is 0.360 e. The second-order valence-corrected chi connectivity index (χ2v) is 6.09. The summed E-state index contributed by atoms with van der Waals surface area (Å²) in [6, 6.07) is 1.42. The summed E-state index contributed by atoms with van der Waals surface area (Å²) in [5, 5.41) is 3.80. The van der Waals surface area contributed by atoms with Crippen LogP contribution < -0.4 is 0 Å². The zero-order chi connectivity index (χ0) is 17.5. The number of rotatable bonds is 7. The number of amides is 1. The van der Waals surface area contributed by atoms with Gasteiger partial charge in [-0.25, -0.2) is 4.79 Å². The van der Waals surface area contributed by atoms with Crippen molar-refractivity contribution >= 4 is 30.6 Å². The van der Waals surface area contributed by atoms with Gasteiger partial charge in [-0.05, 0) is 12.5 Å². The maximum Gasteiger partial charge on any atom is 0.360 e. The lowest BCUT2D eigenvalue weighted by Gasteiger charge is -2.21. The largest absolute Gasteiger partial charge is 0.457 e. The molecule has 0 N–H and O–H groups in total. The maximum atomic E-state index is 12.1. The van der Waals surface area contributed by atoms with Crippen LogP contribution in [-0.2, 0) is 9.53 Å². The Bertz CT molecular complexity index is 653. The molecule has 1 aromatic rings. The third-order valence-corrected chi connectivity index (χ3v) is 3.89. The quantitative estimate of drug-likeness (QED) is 0.466. The third-order valence-electron chi connectivity index (χ3n) is 3.51. The van der Waals surface area contributed by atoms with E-state index in [4.69, 9.17) is 9.26 Å². The van der Waals surface area contributed by atoms with E-state index < -0.39 is 5.97 Å². The number of carbonyl (C=O) groups is 2. The zero-order valence-electron chi connectivity index (χ0n) is 13.3. The summed E-state index contributed by atoms with van der Waals surface area (Å²) in [5.41, 5.74) is 0.0922. The molecule has 1 aliphatic heterocycles. The molecule has 0 radical (unpaired) electrons. The van der Waals surface area contributed by atoms with E-state index in [2.05, 4.69) is 30.9 Å². The van der Waals surface area contributed by atoms with Crippen LogP contribution in [0, 0.1) is 0 Å². The number of hydrogen-bond acceptors (Lipinski definition) is 6. The summed E-state index contributed by atoms with van der Waals surface area (Å²) in [6.45, 7) is 7.77. The number of aromatic nitrogens is 1. The fourth-order valence-corrected chi connectivity index (χ4v) is 2.82. The first-order valence-electron chi connectivity index (χ1n) is 7.56. The van der Waals surface area contributed by atoms with Crippen LogP contribution in [0.5, 0.6) is 0 Å². The third kappa shape index (κ3) is 4.61. The van der Waals surface area contributed by atoms with Gasteiger partial charge in [-0.1, -0.05) is 30.0 Å². The van der Waals surface area contributed by atoms with Crippen LogP contribution in [0.25, 0.3) is 6.08 Å². The highest BCUT2D eigenvalue weighted by atomic mass is 32.1. The molecule has 1 fully saturated rings. The molecule has 0 aromatic carbocycles. The van der Waals surface area contributed by atoms with E-state index >= 15 is 0 Å². The molecule has 128 valence electrons. The summed E-state index contributed by atoms with van der Waals surface area (Å²) >= 11 is 4.46. The van der Waals surface area contributed by atoms with Crippen LogP contribution in [0.3, 0.4) is 0 Å². The van der Waals surface area contributed by atoms with Crippen molar-refractivity contribution in [3.05, 3.63) is 48.9 Å². The van der Waals surface area contributed by atoms with E-state index in [1.807, 2.05) is 6.08 Å². The first kappa shape index (κ1) is 18.1. The van der Waals surface area contributed by atoms with E-state index in [-0.39, 0.29) is 29.5 Å². The van der Waals surface area contributed by atoms with Gasteiger partial charge in [-0.15, -0.1) is 6.58 Å². The molecule has 2 rings (SSSR count). The molecule has 2 heterocycles. The fourth-order valence-electron chi connectivity index (χ4n) is 2.43. The molecule has 1 aliphatic rings. The Balaban J connectivity index is 2.02. The molecule has 1 amide bonds. The maximum absolute atomic E-state index is 12.1. The first-order valence-corrected chi connectivity index (χ1v) is 8.08. The Morgan fingerprint density at radius 2 is 2.25 bits per heavy atom. The van der Waals surface area contributed by atoms with Crippen LogP contribution in [0.2, 0.25) is 0 Å². The lowest BCUT2D eigenvalue weighted by molar-refractivity contribution is -0.130.